The van der Waals surface area contributed by atoms with Crippen molar-refractivity contribution in [3.63, 3.8) is 0 Å². The second kappa shape index (κ2) is 3.99. The van der Waals surface area contributed by atoms with Gasteiger partial charge in [-0.2, -0.15) is 23.3 Å². The zero-order valence-electron chi connectivity index (χ0n) is 8.11. The van der Waals surface area contributed by atoms with Gasteiger partial charge in [-0.1, -0.05) is 0 Å². The largest absolute Gasteiger partial charge is 0.435 e. The van der Waals surface area contributed by atoms with Crippen LogP contribution in [0.3, 0.4) is 0 Å². The summed E-state index contributed by atoms with van der Waals surface area (Å²) < 4.78 is 38.2. The maximum Gasteiger partial charge on any atom is 0.435 e. The van der Waals surface area contributed by atoms with E-state index in [4.69, 9.17) is 5.73 Å². The third kappa shape index (κ3) is 2.54. The molecule has 0 aliphatic rings. The van der Waals surface area contributed by atoms with Gasteiger partial charge in [0.25, 0.3) is 5.95 Å². The average Bonchev–Trinajstić information content (AvgIpc) is 2.63. The second-order valence-corrected chi connectivity index (χ2v) is 3.87. The fourth-order valence-electron chi connectivity index (χ4n) is 1.11. The molecule has 0 aromatic carbocycles. The molecular formula is C8H5BrF3N5. The van der Waals surface area contributed by atoms with Gasteiger partial charge in [-0.25, -0.2) is 9.67 Å². The maximum atomic E-state index is 12.3. The smallest absolute Gasteiger partial charge is 0.383 e. The molecule has 0 bridgehead atoms. The highest BCUT2D eigenvalue weighted by Gasteiger charge is 2.33. The summed E-state index contributed by atoms with van der Waals surface area (Å²) >= 11 is 3.06. The first-order valence-electron chi connectivity index (χ1n) is 4.29. The summed E-state index contributed by atoms with van der Waals surface area (Å²) in [5.41, 5.74) is 4.43. The Labute approximate surface area is 102 Å². The average molecular weight is 308 g/mol. The normalized spacial score (nSPS) is 11.8. The van der Waals surface area contributed by atoms with Crippen molar-refractivity contribution in [2.75, 3.05) is 5.73 Å². The third-order valence-electron chi connectivity index (χ3n) is 1.79. The monoisotopic (exact) mass is 307 g/mol. The molecule has 2 N–H and O–H groups in total. The van der Waals surface area contributed by atoms with E-state index in [1.54, 1.807) is 0 Å². The Hall–Kier alpha value is -1.64. The molecule has 0 fully saturated rings. The van der Waals surface area contributed by atoms with E-state index < -0.39 is 11.9 Å². The number of halogens is 4. The van der Waals surface area contributed by atoms with Gasteiger partial charge in [0, 0.05) is 12.3 Å². The summed E-state index contributed by atoms with van der Waals surface area (Å²) in [5, 5.41) is 3.32. The van der Waals surface area contributed by atoms with Crippen molar-refractivity contribution in [3.8, 4) is 5.95 Å². The molecule has 0 spiro atoms. The number of hydrogen-bond donors (Lipinski definition) is 1. The van der Waals surface area contributed by atoms with Crippen molar-refractivity contribution in [1.29, 1.82) is 0 Å². The van der Waals surface area contributed by atoms with Gasteiger partial charge in [-0.3, -0.25) is 0 Å². The fraction of sp³-hybridized carbons (Fsp3) is 0.125. The van der Waals surface area contributed by atoms with E-state index >= 15 is 0 Å². The van der Waals surface area contributed by atoms with Gasteiger partial charge in [0.15, 0.2) is 5.69 Å². The Bertz CT molecular complexity index is 530. The van der Waals surface area contributed by atoms with Crippen LogP contribution in [0.5, 0.6) is 0 Å². The van der Waals surface area contributed by atoms with Crippen LogP contribution in [0.1, 0.15) is 5.69 Å². The molecule has 17 heavy (non-hydrogen) atoms. The van der Waals surface area contributed by atoms with Crippen LogP contribution in [0.15, 0.2) is 22.9 Å². The maximum absolute atomic E-state index is 12.3. The first kappa shape index (κ1) is 11.8. The van der Waals surface area contributed by atoms with Crippen molar-refractivity contribution in [1.82, 2.24) is 19.7 Å². The minimum atomic E-state index is -4.50. The molecule has 0 amide bonds. The highest BCUT2D eigenvalue weighted by molar-refractivity contribution is 9.10. The molecule has 5 nitrogen and oxygen atoms in total. The summed E-state index contributed by atoms with van der Waals surface area (Å²) in [6.07, 6.45) is -3.38. The molecule has 2 rings (SSSR count). The number of anilines is 1. The Morgan fingerprint density at radius 2 is 2.00 bits per heavy atom. The minimum Gasteiger partial charge on any atom is -0.383 e. The molecule has 0 saturated heterocycles. The van der Waals surface area contributed by atoms with Crippen molar-refractivity contribution in [2.24, 2.45) is 0 Å². The molecule has 2 aromatic rings. The van der Waals surface area contributed by atoms with Crippen LogP contribution < -0.4 is 5.73 Å². The van der Waals surface area contributed by atoms with Gasteiger partial charge in [0.2, 0.25) is 0 Å². The zero-order chi connectivity index (χ0) is 12.6. The van der Waals surface area contributed by atoms with Crippen molar-refractivity contribution >= 4 is 21.7 Å². The van der Waals surface area contributed by atoms with E-state index in [0.717, 1.165) is 16.9 Å². The topological polar surface area (TPSA) is 69.6 Å². The summed E-state index contributed by atoms with van der Waals surface area (Å²) in [6.45, 7) is 0. The van der Waals surface area contributed by atoms with Crippen LogP contribution in [0, 0.1) is 0 Å². The molecule has 90 valence electrons. The molecule has 0 unspecified atom stereocenters. The lowest BCUT2D eigenvalue weighted by atomic mass is 10.4. The van der Waals surface area contributed by atoms with Gasteiger partial charge in [-0.05, 0) is 22.0 Å². The fourth-order valence-corrected chi connectivity index (χ4v) is 1.50. The second-order valence-electron chi connectivity index (χ2n) is 3.06. The first-order chi connectivity index (χ1) is 7.86. The molecule has 9 heteroatoms. The number of hydrogen-bond acceptors (Lipinski definition) is 4. The molecule has 0 atom stereocenters. The van der Waals surface area contributed by atoms with Crippen molar-refractivity contribution in [2.45, 2.75) is 6.18 Å². The SMILES string of the molecule is Nc1cc(Br)nc(-n2ccc(C(F)(F)F)n2)n1. The summed E-state index contributed by atoms with van der Waals surface area (Å²) in [5.74, 6) is 0.0957. The quantitative estimate of drug-likeness (QED) is 0.818. The predicted octanol–water partition coefficient (Wildman–Crippen LogP) is 2.03. The zero-order valence-corrected chi connectivity index (χ0v) is 9.70. The molecule has 0 saturated carbocycles. The molecule has 2 heterocycles. The Kier molecular flexibility index (Phi) is 2.77. The molecular weight excluding hydrogens is 303 g/mol. The standard InChI is InChI=1S/C8H5BrF3N5/c9-5-3-6(13)15-7(14-5)17-2-1-4(16-17)8(10,11)12/h1-3H,(H2,13,14,15). The Morgan fingerprint density at radius 1 is 1.29 bits per heavy atom. The van der Waals surface area contributed by atoms with E-state index in [-0.39, 0.29) is 11.8 Å². The van der Waals surface area contributed by atoms with E-state index in [1.165, 1.54) is 6.07 Å². The summed E-state index contributed by atoms with van der Waals surface area (Å²) in [7, 11) is 0. The van der Waals surface area contributed by atoms with Crippen LogP contribution >= 0.6 is 15.9 Å². The summed E-state index contributed by atoms with van der Waals surface area (Å²) in [4.78, 5) is 7.63. The lowest BCUT2D eigenvalue weighted by Gasteiger charge is -2.02. The first-order valence-corrected chi connectivity index (χ1v) is 5.09. The van der Waals surface area contributed by atoms with Gasteiger partial charge in [0.1, 0.15) is 10.4 Å². The van der Waals surface area contributed by atoms with Crippen molar-refractivity contribution in [3.05, 3.63) is 28.6 Å². The molecule has 0 radical (unpaired) electrons. The van der Waals surface area contributed by atoms with E-state index in [0.29, 0.717) is 4.60 Å². The van der Waals surface area contributed by atoms with Crippen molar-refractivity contribution < 1.29 is 13.2 Å². The molecule has 0 aliphatic heterocycles. The van der Waals surface area contributed by atoms with Crippen LogP contribution in [0.4, 0.5) is 19.0 Å². The molecule has 2 aromatic heterocycles. The van der Waals surface area contributed by atoms with Crippen LogP contribution in [0.25, 0.3) is 5.95 Å². The summed E-state index contributed by atoms with van der Waals surface area (Å²) in [6, 6.07) is 2.26. The van der Waals surface area contributed by atoms with E-state index in [2.05, 4.69) is 31.0 Å². The minimum absolute atomic E-state index is 0.0348. The van der Waals surface area contributed by atoms with E-state index in [9.17, 15) is 13.2 Å². The Morgan fingerprint density at radius 3 is 2.53 bits per heavy atom. The van der Waals surface area contributed by atoms with Gasteiger partial charge < -0.3 is 5.73 Å². The van der Waals surface area contributed by atoms with E-state index in [1.807, 2.05) is 0 Å². The number of nitrogens with zero attached hydrogens (tertiary/aromatic N) is 4. The highest BCUT2D eigenvalue weighted by atomic mass is 79.9. The number of aromatic nitrogens is 4. The predicted molar refractivity (Wildman–Crippen MR) is 56.3 cm³/mol. The van der Waals surface area contributed by atoms with Gasteiger partial charge >= 0.3 is 6.18 Å². The number of alkyl halides is 3. The van der Waals surface area contributed by atoms with Crippen LogP contribution in [0.2, 0.25) is 0 Å². The van der Waals surface area contributed by atoms with Crippen LogP contribution in [-0.4, -0.2) is 19.7 Å². The van der Waals surface area contributed by atoms with Crippen LogP contribution in [-0.2, 0) is 6.18 Å². The van der Waals surface area contributed by atoms with Gasteiger partial charge in [0.05, 0.1) is 0 Å². The number of nitrogen functional groups attached to an aromatic ring is 1. The number of rotatable bonds is 1. The lowest BCUT2D eigenvalue weighted by Crippen LogP contribution is -2.09. The highest BCUT2D eigenvalue weighted by Crippen LogP contribution is 2.27. The Balaban J connectivity index is 2.44. The number of nitrogens with two attached hydrogens (primary N) is 1. The third-order valence-corrected chi connectivity index (χ3v) is 2.19. The van der Waals surface area contributed by atoms with Gasteiger partial charge in [-0.15, -0.1) is 0 Å². The molecule has 0 aliphatic carbocycles. The lowest BCUT2D eigenvalue weighted by molar-refractivity contribution is -0.141.